The Morgan fingerprint density at radius 3 is 2.63 bits per heavy atom. The molecule has 1 atom stereocenters. The third kappa shape index (κ3) is 3.56. The lowest BCUT2D eigenvalue weighted by atomic mass is 10.0. The minimum Gasteiger partial charge on any atom is -0.339 e. The fourth-order valence-corrected chi connectivity index (χ4v) is 4.55. The largest absolute Gasteiger partial charge is 0.339 e. The smallest absolute Gasteiger partial charge is 0.332 e. The number of piperidine rings is 1. The zero-order valence-corrected chi connectivity index (χ0v) is 17.2. The Morgan fingerprint density at radius 2 is 1.96 bits per heavy atom. The van der Waals surface area contributed by atoms with Gasteiger partial charge < -0.3 is 9.47 Å². The minimum atomic E-state index is -0.400. The van der Waals surface area contributed by atoms with Crippen LogP contribution in [0.2, 0.25) is 0 Å². The van der Waals surface area contributed by atoms with Crippen LogP contribution >= 0.6 is 11.8 Å². The molecule has 2 aromatic rings. The van der Waals surface area contributed by atoms with Crippen molar-refractivity contribution in [3.8, 4) is 0 Å². The van der Waals surface area contributed by atoms with E-state index in [4.69, 9.17) is 0 Å². The normalized spacial score (nSPS) is 17.6. The molecule has 0 bridgehead atoms. The second kappa shape index (κ2) is 7.92. The minimum absolute atomic E-state index is 0.101. The summed E-state index contributed by atoms with van der Waals surface area (Å²) in [5.74, 6) is 0.384. The van der Waals surface area contributed by atoms with Crippen LogP contribution in [0.15, 0.2) is 14.7 Å². The maximum Gasteiger partial charge on any atom is 0.332 e. The van der Waals surface area contributed by atoms with Gasteiger partial charge in [-0.15, -0.1) is 0 Å². The van der Waals surface area contributed by atoms with Gasteiger partial charge in [-0.3, -0.25) is 18.7 Å². The first-order valence-electron chi connectivity index (χ1n) is 9.45. The summed E-state index contributed by atoms with van der Waals surface area (Å²) < 4.78 is 4.33. The Balaban J connectivity index is 1.94. The number of likely N-dealkylation sites (tertiary alicyclic amines) is 1. The molecule has 148 valence electrons. The van der Waals surface area contributed by atoms with Crippen LogP contribution in [0.1, 0.15) is 39.5 Å². The van der Waals surface area contributed by atoms with E-state index in [0.717, 1.165) is 30.4 Å². The van der Waals surface area contributed by atoms with Gasteiger partial charge in [0.15, 0.2) is 16.3 Å². The summed E-state index contributed by atoms with van der Waals surface area (Å²) in [5, 5.41) is 0.614. The predicted octanol–water partition coefficient (Wildman–Crippen LogP) is 1.34. The molecule has 27 heavy (non-hydrogen) atoms. The number of aromatic nitrogens is 4. The fraction of sp³-hybridized carbons (Fsp3) is 0.667. The average molecular weight is 394 g/mol. The van der Waals surface area contributed by atoms with Gasteiger partial charge in [0.1, 0.15) is 0 Å². The van der Waals surface area contributed by atoms with Crippen LogP contribution in [0.3, 0.4) is 0 Å². The number of hydrogen-bond acceptors (Lipinski definition) is 5. The lowest BCUT2D eigenvalue weighted by molar-refractivity contribution is -0.131. The number of aryl methyl sites for hydroxylation is 2. The Hall–Kier alpha value is -2.03. The number of fused-ring (bicyclic) bond motifs is 1. The standard InChI is InChI=1S/C18H27N5O3S/c1-5-9-23-14-15(20(3)18(26)21(4)16(14)25)19-17(23)27-11-13(24)22-10-7-6-8-12(22)2/h12H,5-11H2,1-4H3. The van der Waals surface area contributed by atoms with E-state index in [1.807, 2.05) is 16.4 Å². The highest BCUT2D eigenvalue weighted by Crippen LogP contribution is 2.24. The van der Waals surface area contributed by atoms with Crippen molar-refractivity contribution in [1.82, 2.24) is 23.6 Å². The maximum atomic E-state index is 12.7. The summed E-state index contributed by atoms with van der Waals surface area (Å²) in [6.45, 7) is 5.53. The zero-order chi connectivity index (χ0) is 19.7. The van der Waals surface area contributed by atoms with Crippen LogP contribution in [-0.2, 0) is 25.4 Å². The molecule has 1 aliphatic rings. The maximum absolute atomic E-state index is 12.7. The molecule has 3 rings (SSSR count). The number of hydrogen-bond donors (Lipinski definition) is 0. The molecule has 1 fully saturated rings. The van der Waals surface area contributed by atoms with Crippen molar-refractivity contribution in [2.24, 2.45) is 14.1 Å². The van der Waals surface area contributed by atoms with Crippen molar-refractivity contribution in [2.45, 2.75) is 57.3 Å². The van der Waals surface area contributed by atoms with Crippen molar-refractivity contribution in [3.05, 3.63) is 20.8 Å². The molecule has 2 aromatic heterocycles. The molecule has 1 aliphatic heterocycles. The summed E-state index contributed by atoms with van der Waals surface area (Å²) in [5.41, 5.74) is 0.0425. The number of amides is 1. The molecular weight excluding hydrogens is 366 g/mol. The Labute approximate surface area is 162 Å². The van der Waals surface area contributed by atoms with Crippen molar-refractivity contribution >= 4 is 28.8 Å². The molecule has 0 radical (unpaired) electrons. The van der Waals surface area contributed by atoms with Crippen molar-refractivity contribution in [1.29, 1.82) is 0 Å². The van der Waals surface area contributed by atoms with E-state index in [9.17, 15) is 14.4 Å². The SMILES string of the molecule is CCCn1c(SCC(=O)N2CCCCC2C)nc2c1c(=O)n(C)c(=O)n2C. The van der Waals surface area contributed by atoms with Crippen molar-refractivity contribution in [3.63, 3.8) is 0 Å². The highest BCUT2D eigenvalue weighted by atomic mass is 32.2. The van der Waals surface area contributed by atoms with Crippen molar-refractivity contribution < 1.29 is 4.79 Å². The molecule has 1 saturated heterocycles. The lowest BCUT2D eigenvalue weighted by Crippen LogP contribution is -2.43. The van der Waals surface area contributed by atoms with Crippen LogP contribution in [0, 0.1) is 0 Å². The Morgan fingerprint density at radius 1 is 1.22 bits per heavy atom. The van der Waals surface area contributed by atoms with Crippen molar-refractivity contribution in [2.75, 3.05) is 12.3 Å². The van der Waals surface area contributed by atoms with E-state index in [1.165, 1.54) is 29.8 Å². The topological polar surface area (TPSA) is 82.1 Å². The molecule has 0 aromatic carbocycles. The first-order chi connectivity index (χ1) is 12.9. The third-order valence-electron chi connectivity index (χ3n) is 5.21. The highest BCUT2D eigenvalue weighted by molar-refractivity contribution is 7.99. The van der Waals surface area contributed by atoms with Crippen LogP contribution in [0.4, 0.5) is 0 Å². The first kappa shape index (κ1) is 19.7. The Kier molecular flexibility index (Phi) is 5.78. The number of nitrogens with zero attached hydrogens (tertiary/aromatic N) is 5. The molecular formula is C18H27N5O3S. The van der Waals surface area contributed by atoms with E-state index in [0.29, 0.717) is 22.9 Å². The van der Waals surface area contributed by atoms with Gasteiger partial charge >= 0.3 is 5.69 Å². The molecule has 0 spiro atoms. The van der Waals surface area contributed by atoms with Gasteiger partial charge in [0.05, 0.1) is 5.75 Å². The third-order valence-corrected chi connectivity index (χ3v) is 6.17. The highest BCUT2D eigenvalue weighted by Gasteiger charge is 2.25. The molecule has 1 unspecified atom stereocenters. The van der Waals surface area contributed by atoms with Crippen LogP contribution in [0.25, 0.3) is 11.2 Å². The van der Waals surface area contributed by atoms with E-state index >= 15 is 0 Å². The van der Waals surface area contributed by atoms with E-state index in [1.54, 1.807) is 7.05 Å². The number of thioether (sulfide) groups is 1. The van der Waals surface area contributed by atoms with E-state index in [2.05, 4.69) is 11.9 Å². The van der Waals surface area contributed by atoms with Gasteiger partial charge in [-0.25, -0.2) is 9.78 Å². The van der Waals surface area contributed by atoms with Gasteiger partial charge in [0.25, 0.3) is 5.56 Å². The number of imidazole rings is 1. The van der Waals surface area contributed by atoms with E-state index < -0.39 is 5.69 Å². The quantitative estimate of drug-likeness (QED) is 0.716. The van der Waals surface area contributed by atoms with Gasteiger partial charge in [-0.1, -0.05) is 18.7 Å². The molecule has 9 heteroatoms. The summed E-state index contributed by atoms with van der Waals surface area (Å²) in [6.07, 6.45) is 4.08. The molecule has 0 N–H and O–H groups in total. The summed E-state index contributed by atoms with van der Waals surface area (Å²) >= 11 is 1.34. The zero-order valence-electron chi connectivity index (χ0n) is 16.4. The lowest BCUT2D eigenvalue weighted by Gasteiger charge is -2.33. The molecule has 0 saturated carbocycles. The number of carbonyl (C=O) groups excluding carboxylic acids is 1. The Bertz CT molecular complexity index is 974. The fourth-order valence-electron chi connectivity index (χ4n) is 3.65. The number of rotatable bonds is 5. The first-order valence-corrected chi connectivity index (χ1v) is 10.4. The van der Waals surface area contributed by atoms with Crippen LogP contribution in [0.5, 0.6) is 0 Å². The average Bonchev–Trinajstić information content (AvgIpc) is 3.02. The monoisotopic (exact) mass is 393 g/mol. The van der Waals surface area contributed by atoms with Gasteiger partial charge in [0.2, 0.25) is 5.91 Å². The molecule has 1 amide bonds. The van der Waals surface area contributed by atoms with Gasteiger partial charge in [-0.05, 0) is 32.6 Å². The second-order valence-corrected chi connectivity index (χ2v) is 8.09. The van der Waals surface area contributed by atoms with Gasteiger partial charge in [0, 0.05) is 33.2 Å². The van der Waals surface area contributed by atoms with Gasteiger partial charge in [-0.2, -0.15) is 0 Å². The molecule has 0 aliphatic carbocycles. The summed E-state index contributed by atoms with van der Waals surface area (Å²) in [6, 6.07) is 0.273. The molecule has 8 nitrogen and oxygen atoms in total. The number of carbonyl (C=O) groups is 1. The van der Waals surface area contributed by atoms with E-state index in [-0.39, 0.29) is 23.3 Å². The summed E-state index contributed by atoms with van der Waals surface area (Å²) in [7, 11) is 3.09. The predicted molar refractivity (Wildman–Crippen MR) is 106 cm³/mol. The summed E-state index contributed by atoms with van der Waals surface area (Å²) in [4.78, 5) is 44.0. The molecule has 3 heterocycles. The second-order valence-electron chi connectivity index (χ2n) is 7.14. The van der Waals surface area contributed by atoms with Crippen LogP contribution in [-0.4, -0.2) is 47.8 Å². The van der Waals surface area contributed by atoms with Crippen LogP contribution < -0.4 is 11.2 Å².